The minimum atomic E-state index is 0.0170. The van der Waals surface area contributed by atoms with Gasteiger partial charge < -0.3 is 0 Å². The molecule has 1 aliphatic carbocycles. The predicted molar refractivity (Wildman–Crippen MR) is 116 cm³/mol. The van der Waals surface area contributed by atoms with Crippen LogP contribution in [0.15, 0.2) is 89.9 Å². The predicted octanol–water partition coefficient (Wildman–Crippen LogP) is 5.49. The van der Waals surface area contributed by atoms with Gasteiger partial charge in [0.05, 0.1) is 16.6 Å². The van der Waals surface area contributed by atoms with Crippen LogP contribution in [0.5, 0.6) is 0 Å². The second kappa shape index (κ2) is 5.64. The van der Waals surface area contributed by atoms with E-state index in [1.165, 1.54) is 11.1 Å². The van der Waals surface area contributed by atoms with E-state index in [-0.39, 0.29) is 5.56 Å². The van der Waals surface area contributed by atoms with Gasteiger partial charge >= 0.3 is 0 Å². The van der Waals surface area contributed by atoms with Crippen LogP contribution < -0.4 is 5.56 Å². The molecule has 6 rings (SSSR count). The number of pyridine rings is 2. The molecule has 1 aliphatic rings. The SMILES string of the molecule is O=c1c2ccccc2c2nccc3c4cc(C5=CC=CC=CC5)ccc4n1c32. The highest BCUT2D eigenvalue weighted by molar-refractivity contribution is 6.18. The fourth-order valence-electron chi connectivity index (χ4n) is 4.36. The van der Waals surface area contributed by atoms with Gasteiger partial charge in [0.2, 0.25) is 0 Å². The third kappa shape index (κ3) is 1.99. The standard InChI is InChI=1S/C25H16N2O/c28-25-20-10-6-5-9-18(20)23-24-19(13-14-26-23)21-15-17(11-12-22(21)27(24)25)16-7-3-1-2-4-8-16/h1-7,9-15H,8H2. The van der Waals surface area contributed by atoms with E-state index in [9.17, 15) is 4.79 Å². The van der Waals surface area contributed by atoms with Gasteiger partial charge in [-0.1, -0.05) is 54.6 Å². The van der Waals surface area contributed by atoms with Gasteiger partial charge in [-0.05, 0) is 41.8 Å². The van der Waals surface area contributed by atoms with Crippen molar-refractivity contribution >= 4 is 43.7 Å². The fourth-order valence-corrected chi connectivity index (χ4v) is 4.36. The highest BCUT2D eigenvalue weighted by Gasteiger charge is 2.18. The van der Waals surface area contributed by atoms with Crippen LogP contribution in [0.3, 0.4) is 0 Å². The van der Waals surface area contributed by atoms with Crippen molar-refractivity contribution in [3.8, 4) is 0 Å². The van der Waals surface area contributed by atoms with Crippen molar-refractivity contribution in [1.29, 1.82) is 0 Å². The minimum Gasteiger partial charge on any atom is -0.273 e. The van der Waals surface area contributed by atoms with Crippen LogP contribution in [0.25, 0.3) is 43.7 Å². The molecule has 0 aliphatic heterocycles. The third-order valence-electron chi connectivity index (χ3n) is 5.66. The summed E-state index contributed by atoms with van der Waals surface area (Å²) < 4.78 is 1.83. The highest BCUT2D eigenvalue weighted by atomic mass is 16.1. The monoisotopic (exact) mass is 360 g/mol. The Morgan fingerprint density at radius 3 is 2.68 bits per heavy atom. The first-order valence-electron chi connectivity index (χ1n) is 9.43. The van der Waals surface area contributed by atoms with E-state index < -0.39 is 0 Å². The highest BCUT2D eigenvalue weighted by Crippen LogP contribution is 2.34. The number of fused-ring (bicyclic) bond motifs is 5. The number of hydrogen-bond acceptors (Lipinski definition) is 2. The molecule has 3 heterocycles. The Bertz CT molecular complexity index is 1550. The smallest absolute Gasteiger partial charge is 0.263 e. The summed E-state index contributed by atoms with van der Waals surface area (Å²) in [4.78, 5) is 17.9. The second-order valence-electron chi connectivity index (χ2n) is 7.18. The zero-order valence-electron chi connectivity index (χ0n) is 15.1. The summed E-state index contributed by atoms with van der Waals surface area (Å²) in [5.74, 6) is 0. The molecule has 132 valence electrons. The molecule has 3 heteroatoms. The Balaban J connectivity index is 1.79. The number of hydrogen-bond donors (Lipinski definition) is 0. The Labute approximate surface area is 160 Å². The average molecular weight is 360 g/mol. The summed E-state index contributed by atoms with van der Waals surface area (Å²) in [6, 6.07) is 16.1. The van der Waals surface area contributed by atoms with Gasteiger partial charge in [-0.25, -0.2) is 0 Å². The van der Waals surface area contributed by atoms with Crippen molar-refractivity contribution in [3.63, 3.8) is 0 Å². The largest absolute Gasteiger partial charge is 0.273 e. The van der Waals surface area contributed by atoms with Crippen molar-refractivity contribution in [2.45, 2.75) is 6.42 Å². The zero-order valence-corrected chi connectivity index (χ0v) is 15.1. The van der Waals surface area contributed by atoms with E-state index in [0.29, 0.717) is 5.39 Å². The molecule has 0 bridgehead atoms. The number of benzene rings is 2. The number of aromatic nitrogens is 2. The minimum absolute atomic E-state index is 0.0170. The summed E-state index contributed by atoms with van der Waals surface area (Å²) in [5, 5.41) is 3.79. The van der Waals surface area contributed by atoms with Crippen LogP contribution in [-0.4, -0.2) is 9.38 Å². The van der Waals surface area contributed by atoms with E-state index in [1.807, 2.05) is 47.0 Å². The maximum absolute atomic E-state index is 13.3. The molecule has 2 aromatic carbocycles. The van der Waals surface area contributed by atoms with E-state index in [2.05, 4.69) is 47.5 Å². The lowest BCUT2D eigenvalue weighted by atomic mass is 10.0. The van der Waals surface area contributed by atoms with E-state index in [4.69, 9.17) is 0 Å². The van der Waals surface area contributed by atoms with E-state index in [0.717, 1.165) is 39.1 Å². The molecule has 0 radical (unpaired) electrons. The van der Waals surface area contributed by atoms with E-state index in [1.54, 1.807) is 0 Å². The Hall–Kier alpha value is -3.72. The molecule has 28 heavy (non-hydrogen) atoms. The number of allylic oxidation sites excluding steroid dienone is 6. The van der Waals surface area contributed by atoms with Crippen LogP contribution in [0.2, 0.25) is 0 Å². The average Bonchev–Trinajstić information content (AvgIpc) is 2.89. The quantitative estimate of drug-likeness (QED) is 0.370. The molecule has 3 aromatic heterocycles. The molecule has 0 saturated carbocycles. The summed E-state index contributed by atoms with van der Waals surface area (Å²) in [7, 11) is 0. The van der Waals surface area contributed by atoms with Gasteiger partial charge in [0, 0.05) is 27.7 Å². The molecular formula is C25H16N2O. The van der Waals surface area contributed by atoms with Crippen LogP contribution in [0, 0.1) is 0 Å². The summed E-state index contributed by atoms with van der Waals surface area (Å²) in [6.45, 7) is 0. The molecule has 0 saturated heterocycles. The molecule has 3 nitrogen and oxygen atoms in total. The third-order valence-corrected chi connectivity index (χ3v) is 5.66. The van der Waals surface area contributed by atoms with Crippen LogP contribution in [0.4, 0.5) is 0 Å². The number of nitrogens with zero attached hydrogens (tertiary/aromatic N) is 2. The number of rotatable bonds is 1. The lowest BCUT2D eigenvalue weighted by Crippen LogP contribution is -2.13. The Morgan fingerprint density at radius 1 is 0.857 bits per heavy atom. The van der Waals surface area contributed by atoms with Crippen LogP contribution in [0.1, 0.15) is 12.0 Å². The van der Waals surface area contributed by atoms with Crippen molar-refractivity contribution in [2.24, 2.45) is 0 Å². The topological polar surface area (TPSA) is 34.4 Å². The van der Waals surface area contributed by atoms with Gasteiger partial charge in [-0.2, -0.15) is 0 Å². The van der Waals surface area contributed by atoms with E-state index >= 15 is 0 Å². The van der Waals surface area contributed by atoms with Crippen LogP contribution in [-0.2, 0) is 0 Å². The maximum atomic E-state index is 13.3. The molecule has 0 fully saturated rings. The lowest BCUT2D eigenvalue weighted by Gasteiger charge is -2.05. The van der Waals surface area contributed by atoms with Gasteiger partial charge in [-0.3, -0.25) is 14.2 Å². The first kappa shape index (κ1) is 15.3. The summed E-state index contributed by atoms with van der Waals surface area (Å²) in [6.07, 6.45) is 13.3. The molecule has 0 amide bonds. The summed E-state index contributed by atoms with van der Waals surface area (Å²) in [5.41, 5.74) is 5.20. The molecule has 0 atom stereocenters. The molecule has 0 unspecified atom stereocenters. The van der Waals surface area contributed by atoms with Crippen LogP contribution >= 0.6 is 0 Å². The molecular weight excluding hydrogens is 344 g/mol. The van der Waals surface area contributed by atoms with Gasteiger partial charge in [-0.15, -0.1) is 0 Å². The van der Waals surface area contributed by atoms with Gasteiger partial charge in [0.25, 0.3) is 5.56 Å². The normalized spacial score (nSPS) is 14.4. The van der Waals surface area contributed by atoms with Gasteiger partial charge in [0.15, 0.2) is 0 Å². The first-order valence-corrected chi connectivity index (χ1v) is 9.43. The summed E-state index contributed by atoms with van der Waals surface area (Å²) >= 11 is 0. The van der Waals surface area contributed by atoms with Gasteiger partial charge in [0.1, 0.15) is 0 Å². The van der Waals surface area contributed by atoms with Crippen molar-refractivity contribution < 1.29 is 0 Å². The maximum Gasteiger partial charge on any atom is 0.263 e. The fraction of sp³-hybridized carbons (Fsp3) is 0.0400. The molecule has 0 spiro atoms. The molecule has 5 aromatic rings. The van der Waals surface area contributed by atoms with Crippen molar-refractivity contribution in [2.75, 3.05) is 0 Å². The first-order chi connectivity index (χ1) is 13.8. The molecule has 0 N–H and O–H groups in total. The second-order valence-corrected chi connectivity index (χ2v) is 7.18. The Morgan fingerprint density at radius 2 is 1.75 bits per heavy atom. The lowest BCUT2D eigenvalue weighted by molar-refractivity contribution is 1.20. The van der Waals surface area contributed by atoms with Crippen molar-refractivity contribution in [3.05, 3.63) is 101 Å². The Kier molecular flexibility index (Phi) is 3.09. The van der Waals surface area contributed by atoms with Crippen molar-refractivity contribution in [1.82, 2.24) is 9.38 Å². The zero-order chi connectivity index (χ0) is 18.7.